The minimum Gasteiger partial charge on any atom is -0.469 e. The van der Waals surface area contributed by atoms with Gasteiger partial charge in [0, 0.05) is 5.92 Å². The van der Waals surface area contributed by atoms with Crippen LogP contribution in [0, 0.1) is 50.2 Å². The second kappa shape index (κ2) is 7.45. The Bertz CT molecular complexity index is 976. The number of hydrogen-bond acceptors (Lipinski definition) is 4. The number of allylic oxidation sites excluding steroid dienone is 2. The van der Waals surface area contributed by atoms with Crippen LogP contribution in [0.2, 0.25) is 0 Å². The lowest BCUT2D eigenvalue weighted by molar-refractivity contribution is -0.195. The van der Waals surface area contributed by atoms with E-state index in [1.807, 2.05) is 0 Å². The lowest BCUT2D eigenvalue weighted by atomic mass is 9.34. The van der Waals surface area contributed by atoms with Gasteiger partial charge in [0.1, 0.15) is 0 Å². The fourth-order valence-corrected chi connectivity index (χ4v) is 10.6. The lowest BCUT2D eigenvalue weighted by Crippen LogP contribution is -2.66. The topological polar surface area (TPSA) is 63.6 Å². The first kappa shape index (κ1) is 25.5. The zero-order valence-corrected chi connectivity index (χ0v) is 23.4. The number of fused-ring (bicyclic) bond motifs is 7. The number of ether oxygens (including phenoxy) is 1. The maximum absolute atomic E-state index is 14.3. The van der Waals surface area contributed by atoms with Gasteiger partial charge in [0.25, 0.3) is 0 Å². The van der Waals surface area contributed by atoms with Gasteiger partial charge in [0.2, 0.25) is 0 Å². The van der Waals surface area contributed by atoms with Gasteiger partial charge < -0.3 is 9.84 Å². The molecule has 0 heterocycles. The fourth-order valence-electron chi connectivity index (χ4n) is 10.6. The Morgan fingerprint density at radius 3 is 2.26 bits per heavy atom. The number of esters is 1. The van der Waals surface area contributed by atoms with Crippen LogP contribution in [0.1, 0.15) is 106 Å². The molecule has 0 bridgehead atoms. The summed E-state index contributed by atoms with van der Waals surface area (Å²) in [6.45, 7) is 16.3. The Morgan fingerprint density at radius 1 is 0.943 bits per heavy atom. The van der Waals surface area contributed by atoms with Crippen molar-refractivity contribution in [2.24, 2.45) is 50.2 Å². The van der Waals surface area contributed by atoms with Crippen LogP contribution >= 0.6 is 0 Å². The normalized spacial score (nSPS) is 50.1. The minimum atomic E-state index is -0.524. The van der Waals surface area contributed by atoms with Crippen molar-refractivity contribution >= 4 is 11.8 Å². The van der Waals surface area contributed by atoms with E-state index in [2.05, 4.69) is 54.5 Å². The Balaban J connectivity index is 1.65. The van der Waals surface area contributed by atoms with Gasteiger partial charge in [0.15, 0.2) is 5.78 Å². The predicted octanol–water partition coefficient (Wildman–Crippen LogP) is 6.50. The van der Waals surface area contributed by atoms with Crippen LogP contribution in [-0.4, -0.2) is 30.1 Å². The van der Waals surface area contributed by atoms with Crippen molar-refractivity contribution in [3.05, 3.63) is 11.6 Å². The van der Waals surface area contributed by atoms with Crippen LogP contribution in [0.25, 0.3) is 0 Å². The van der Waals surface area contributed by atoms with Gasteiger partial charge in [-0.05, 0) is 103 Å². The van der Waals surface area contributed by atoms with Gasteiger partial charge in [-0.25, -0.2) is 0 Å². The summed E-state index contributed by atoms with van der Waals surface area (Å²) in [7, 11) is 1.52. The molecule has 0 aromatic heterocycles. The molecule has 0 saturated heterocycles. The maximum atomic E-state index is 14.3. The Morgan fingerprint density at radius 2 is 1.60 bits per heavy atom. The number of rotatable bonds is 1. The molecule has 4 saturated carbocycles. The average Bonchev–Trinajstić information content (AvgIpc) is 2.77. The second-order valence-corrected chi connectivity index (χ2v) is 15.2. The molecule has 1 N–H and O–H groups in total. The van der Waals surface area contributed by atoms with Crippen molar-refractivity contribution in [2.45, 2.75) is 112 Å². The highest BCUT2D eigenvalue weighted by molar-refractivity contribution is 5.96. The SMILES string of the molecule is COC(=O)C12CCC(C)(C)CC1C1C(=O)C=C3C4(C)CCC(O)C(C)(C)C4CCC3(C)C1(C)CC2. The first-order valence-electron chi connectivity index (χ1n) is 14.1. The molecule has 35 heavy (non-hydrogen) atoms. The summed E-state index contributed by atoms with van der Waals surface area (Å²) in [6, 6.07) is 0. The van der Waals surface area contributed by atoms with Crippen LogP contribution in [0.4, 0.5) is 0 Å². The predicted molar refractivity (Wildman–Crippen MR) is 137 cm³/mol. The van der Waals surface area contributed by atoms with Crippen LogP contribution in [-0.2, 0) is 14.3 Å². The van der Waals surface area contributed by atoms with Crippen LogP contribution in [0.5, 0.6) is 0 Å². The van der Waals surface area contributed by atoms with Crippen molar-refractivity contribution in [3.8, 4) is 0 Å². The number of methoxy groups -OCH3 is 1. The number of carbonyl (C=O) groups excluding carboxylic acids is 2. The quantitative estimate of drug-likeness (QED) is 0.431. The van der Waals surface area contributed by atoms with E-state index in [1.165, 1.54) is 12.7 Å². The summed E-state index contributed by atoms with van der Waals surface area (Å²) in [5, 5.41) is 10.9. The van der Waals surface area contributed by atoms with E-state index in [0.29, 0.717) is 5.92 Å². The highest BCUT2D eigenvalue weighted by atomic mass is 16.5. The Kier molecular flexibility index (Phi) is 5.43. The second-order valence-electron chi connectivity index (χ2n) is 15.2. The van der Waals surface area contributed by atoms with Crippen LogP contribution in [0.3, 0.4) is 0 Å². The van der Waals surface area contributed by atoms with Crippen molar-refractivity contribution in [3.63, 3.8) is 0 Å². The molecule has 0 radical (unpaired) electrons. The zero-order valence-electron chi connectivity index (χ0n) is 23.4. The molecule has 5 aliphatic rings. The van der Waals surface area contributed by atoms with E-state index in [-0.39, 0.29) is 56.8 Å². The van der Waals surface area contributed by atoms with E-state index in [9.17, 15) is 14.7 Å². The van der Waals surface area contributed by atoms with E-state index in [0.717, 1.165) is 57.8 Å². The highest BCUT2D eigenvalue weighted by Crippen LogP contribution is 2.75. The monoisotopic (exact) mass is 484 g/mol. The van der Waals surface area contributed by atoms with Gasteiger partial charge in [-0.1, -0.05) is 54.0 Å². The first-order valence-corrected chi connectivity index (χ1v) is 14.1. The lowest BCUT2D eigenvalue weighted by Gasteiger charge is -2.70. The molecule has 0 aliphatic heterocycles. The van der Waals surface area contributed by atoms with Crippen molar-refractivity contribution < 1.29 is 19.4 Å². The first-order chi connectivity index (χ1) is 16.1. The number of aliphatic hydroxyl groups is 1. The molecule has 4 nitrogen and oxygen atoms in total. The van der Waals surface area contributed by atoms with Crippen molar-refractivity contribution in [2.75, 3.05) is 7.11 Å². The van der Waals surface area contributed by atoms with E-state index >= 15 is 0 Å². The Hall–Kier alpha value is -1.16. The zero-order chi connectivity index (χ0) is 25.8. The third kappa shape index (κ3) is 3.07. The summed E-state index contributed by atoms with van der Waals surface area (Å²) in [4.78, 5) is 27.7. The number of ketones is 1. The Labute approximate surface area is 212 Å². The largest absolute Gasteiger partial charge is 0.469 e. The molecule has 0 amide bonds. The van der Waals surface area contributed by atoms with Gasteiger partial charge in [-0.3, -0.25) is 9.59 Å². The van der Waals surface area contributed by atoms with Crippen LogP contribution in [0.15, 0.2) is 11.6 Å². The average molecular weight is 485 g/mol. The molecular formula is C31H48O4. The molecule has 8 unspecified atom stereocenters. The minimum absolute atomic E-state index is 0.0368. The molecule has 4 fully saturated rings. The molecule has 196 valence electrons. The summed E-state index contributed by atoms with van der Waals surface area (Å²) >= 11 is 0. The molecule has 0 spiro atoms. The van der Waals surface area contributed by atoms with Gasteiger partial charge in [-0.15, -0.1) is 0 Å². The maximum Gasteiger partial charge on any atom is 0.312 e. The molecule has 5 aliphatic carbocycles. The van der Waals surface area contributed by atoms with Crippen LogP contribution < -0.4 is 0 Å². The van der Waals surface area contributed by atoms with E-state index in [1.54, 1.807) is 0 Å². The number of aliphatic hydroxyl groups excluding tert-OH is 1. The van der Waals surface area contributed by atoms with Gasteiger partial charge >= 0.3 is 5.97 Å². The van der Waals surface area contributed by atoms with Gasteiger partial charge in [-0.2, -0.15) is 0 Å². The fraction of sp³-hybridized carbons (Fsp3) is 0.871. The smallest absolute Gasteiger partial charge is 0.312 e. The van der Waals surface area contributed by atoms with E-state index in [4.69, 9.17) is 4.74 Å². The third-order valence-electron chi connectivity index (χ3n) is 13.0. The number of carbonyl (C=O) groups is 2. The number of hydrogen-bond donors (Lipinski definition) is 1. The molecular weight excluding hydrogens is 436 g/mol. The molecule has 8 atom stereocenters. The molecule has 4 heteroatoms. The standard InChI is InChI=1S/C31H48O4/c1-26(2)13-15-31(25(34)35-8)16-14-30(7)24(19(31)18-26)20(32)17-22-28(5)11-10-23(33)27(3,4)21(28)9-12-29(22,30)6/h17,19,21,23-24,33H,9-16,18H2,1-8H3. The summed E-state index contributed by atoms with van der Waals surface area (Å²) in [6.07, 6.45) is 10.1. The summed E-state index contributed by atoms with van der Waals surface area (Å²) in [5.74, 6) is 0.436. The highest BCUT2D eigenvalue weighted by Gasteiger charge is 2.71. The summed E-state index contributed by atoms with van der Waals surface area (Å²) in [5.41, 5.74) is 0.489. The van der Waals surface area contributed by atoms with E-state index < -0.39 is 5.41 Å². The van der Waals surface area contributed by atoms with Crippen molar-refractivity contribution in [1.29, 1.82) is 0 Å². The molecule has 5 rings (SSSR count). The summed E-state index contributed by atoms with van der Waals surface area (Å²) < 4.78 is 5.43. The van der Waals surface area contributed by atoms with Crippen molar-refractivity contribution in [1.82, 2.24) is 0 Å². The third-order valence-corrected chi connectivity index (χ3v) is 13.0. The molecule has 0 aromatic rings. The molecule has 0 aromatic carbocycles. The van der Waals surface area contributed by atoms with Gasteiger partial charge in [0.05, 0.1) is 18.6 Å².